The third-order valence-corrected chi connectivity index (χ3v) is 2.67. The number of carbonyl (C=O) groups is 2. The summed E-state index contributed by atoms with van der Waals surface area (Å²) in [5.74, 6) is -3.06. The Morgan fingerprint density at radius 1 is 1.42 bits per heavy atom. The number of esters is 1. The van der Waals surface area contributed by atoms with Crippen LogP contribution in [0.2, 0.25) is 0 Å². The number of carboxylic acids is 1. The van der Waals surface area contributed by atoms with Crippen molar-refractivity contribution in [1.82, 2.24) is 0 Å². The third kappa shape index (κ3) is 2.90. The predicted octanol–water partition coefficient (Wildman–Crippen LogP) is 1.36. The third-order valence-electron chi connectivity index (χ3n) is 2.67. The molecule has 0 saturated carbocycles. The van der Waals surface area contributed by atoms with Crippen LogP contribution >= 0.6 is 0 Å². The number of carboxylic acid groups (broad SMARTS) is 1. The van der Waals surface area contributed by atoms with E-state index in [0.29, 0.717) is 0 Å². The van der Waals surface area contributed by atoms with Gasteiger partial charge in [0, 0.05) is 7.11 Å². The smallest absolute Gasteiger partial charge is 0.330 e. The normalized spacial score (nSPS) is 13.6. The first kappa shape index (κ1) is 15.1. The van der Waals surface area contributed by atoms with Gasteiger partial charge in [-0.2, -0.15) is 0 Å². The summed E-state index contributed by atoms with van der Waals surface area (Å²) < 4.78 is 22.9. The second-order valence-electron chi connectivity index (χ2n) is 3.87. The van der Waals surface area contributed by atoms with Gasteiger partial charge in [0.25, 0.3) is 0 Å². The molecular weight excluding hydrogens is 255 g/mol. The fourth-order valence-corrected chi connectivity index (χ4v) is 1.76. The molecule has 5 nitrogen and oxygen atoms in total. The van der Waals surface area contributed by atoms with Crippen molar-refractivity contribution in [3.8, 4) is 0 Å². The lowest BCUT2D eigenvalue weighted by Crippen LogP contribution is -2.48. The van der Waals surface area contributed by atoms with Crippen molar-refractivity contribution in [2.45, 2.75) is 12.3 Å². The molecular formula is C13H15FO5. The molecule has 0 fully saturated rings. The van der Waals surface area contributed by atoms with Crippen molar-refractivity contribution >= 4 is 11.9 Å². The monoisotopic (exact) mass is 270 g/mol. The fourth-order valence-electron chi connectivity index (χ4n) is 1.76. The van der Waals surface area contributed by atoms with E-state index in [-0.39, 0.29) is 12.2 Å². The molecule has 1 N–H and O–H groups in total. The summed E-state index contributed by atoms with van der Waals surface area (Å²) in [6.07, 6.45) is 0. The van der Waals surface area contributed by atoms with Crippen molar-refractivity contribution in [2.75, 3.05) is 20.3 Å². The summed E-state index contributed by atoms with van der Waals surface area (Å²) in [6.45, 7) is 1.14. The Morgan fingerprint density at radius 3 is 2.58 bits per heavy atom. The minimum Gasteiger partial charge on any atom is -0.480 e. The van der Waals surface area contributed by atoms with Gasteiger partial charge < -0.3 is 14.6 Å². The number of aliphatic carboxylic acids is 1. The summed E-state index contributed by atoms with van der Waals surface area (Å²) >= 11 is 0. The van der Waals surface area contributed by atoms with E-state index in [1.54, 1.807) is 6.92 Å². The molecule has 0 aromatic heterocycles. The molecule has 0 radical (unpaired) electrons. The lowest BCUT2D eigenvalue weighted by molar-refractivity contribution is -0.164. The first-order valence-corrected chi connectivity index (χ1v) is 5.64. The van der Waals surface area contributed by atoms with Crippen molar-refractivity contribution in [3.63, 3.8) is 0 Å². The molecule has 19 heavy (non-hydrogen) atoms. The van der Waals surface area contributed by atoms with Gasteiger partial charge in [-0.25, -0.2) is 4.39 Å². The Balaban J connectivity index is 3.39. The van der Waals surface area contributed by atoms with Gasteiger partial charge in [0.15, 0.2) is 0 Å². The molecule has 1 atom stereocenters. The molecule has 0 spiro atoms. The zero-order valence-electron chi connectivity index (χ0n) is 10.7. The van der Waals surface area contributed by atoms with E-state index in [1.165, 1.54) is 19.2 Å². The lowest BCUT2D eigenvalue weighted by atomic mass is 9.81. The largest absolute Gasteiger partial charge is 0.480 e. The van der Waals surface area contributed by atoms with E-state index < -0.39 is 29.8 Å². The van der Waals surface area contributed by atoms with Crippen LogP contribution in [0.5, 0.6) is 0 Å². The minimum atomic E-state index is -2.06. The topological polar surface area (TPSA) is 72.8 Å². The molecule has 0 aliphatic rings. The van der Waals surface area contributed by atoms with E-state index in [0.717, 1.165) is 12.1 Å². The number of ether oxygens (including phenoxy) is 2. The van der Waals surface area contributed by atoms with Gasteiger partial charge in [-0.1, -0.05) is 12.1 Å². The molecule has 104 valence electrons. The highest BCUT2D eigenvalue weighted by Gasteiger charge is 2.50. The molecule has 0 bridgehead atoms. The van der Waals surface area contributed by atoms with Crippen LogP contribution < -0.4 is 0 Å². The maximum Gasteiger partial charge on any atom is 0.330 e. The molecule has 0 heterocycles. The van der Waals surface area contributed by atoms with Crippen LogP contribution in [0.25, 0.3) is 0 Å². The highest BCUT2D eigenvalue weighted by atomic mass is 19.1. The Bertz CT molecular complexity index is 474. The number of hydrogen-bond acceptors (Lipinski definition) is 4. The number of carbonyl (C=O) groups excluding carboxylic acids is 1. The number of rotatable bonds is 6. The van der Waals surface area contributed by atoms with Crippen molar-refractivity contribution < 1.29 is 28.6 Å². The van der Waals surface area contributed by atoms with Crippen LogP contribution in [0, 0.1) is 5.82 Å². The SMILES string of the molecule is CCOC(=O)C(COC)(C(=O)O)c1cccc(F)c1. The number of halogens is 1. The van der Waals surface area contributed by atoms with Gasteiger partial charge in [0.2, 0.25) is 5.41 Å². The number of hydrogen-bond donors (Lipinski definition) is 1. The Labute approximate surface area is 109 Å². The van der Waals surface area contributed by atoms with Gasteiger partial charge in [-0.3, -0.25) is 9.59 Å². The summed E-state index contributed by atoms with van der Waals surface area (Å²) in [5.41, 5.74) is -2.08. The highest BCUT2D eigenvalue weighted by molar-refractivity contribution is 6.05. The van der Waals surface area contributed by atoms with Crippen LogP contribution in [0.15, 0.2) is 24.3 Å². The molecule has 1 aromatic rings. The highest BCUT2D eigenvalue weighted by Crippen LogP contribution is 2.28. The minimum absolute atomic E-state index is 0.0136. The quantitative estimate of drug-likeness (QED) is 0.624. The molecule has 1 rings (SSSR count). The van der Waals surface area contributed by atoms with E-state index in [1.807, 2.05) is 0 Å². The summed E-state index contributed by atoms with van der Waals surface area (Å²) in [5, 5.41) is 9.39. The fraction of sp³-hybridized carbons (Fsp3) is 0.385. The zero-order valence-corrected chi connectivity index (χ0v) is 10.7. The molecule has 0 saturated heterocycles. The molecule has 0 aliphatic carbocycles. The van der Waals surface area contributed by atoms with Crippen LogP contribution in [0.4, 0.5) is 4.39 Å². The number of methoxy groups -OCH3 is 1. The summed E-state index contributed by atoms with van der Waals surface area (Å²) in [7, 11) is 1.26. The Hall–Kier alpha value is -1.95. The second kappa shape index (κ2) is 6.29. The molecule has 1 aromatic carbocycles. The van der Waals surface area contributed by atoms with Crippen LogP contribution in [-0.4, -0.2) is 37.4 Å². The molecule has 6 heteroatoms. The van der Waals surface area contributed by atoms with Gasteiger partial charge in [0.1, 0.15) is 5.82 Å². The summed E-state index contributed by atoms with van der Waals surface area (Å²) in [6, 6.07) is 4.84. The Kier molecular flexibility index (Phi) is 5.00. The zero-order chi connectivity index (χ0) is 14.5. The van der Waals surface area contributed by atoms with Crippen LogP contribution in [0.1, 0.15) is 12.5 Å². The first-order chi connectivity index (χ1) is 8.98. The van der Waals surface area contributed by atoms with Gasteiger partial charge in [-0.15, -0.1) is 0 Å². The lowest BCUT2D eigenvalue weighted by Gasteiger charge is -2.26. The van der Waals surface area contributed by atoms with E-state index in [4.69, 9.17) is 9.47 Å². The van der Waals surface area contributed by atoms with E-state index in [2.05, 4.69) is 0 Å². The molecule has 0 aliphatic heterocycles. The average Bonchev–Trinajstić information content (AvgIpc) is 2.35. The van der Waals surface area contributed by atoms with Crippen LogP contribution in [0.3, 0.4) is 0 Å². The van der Waals surface area contributed by atoms with Crippen molar-refractivity contribution in [3.05, 3.63) is 35.6 Å². The maximum atomic E-state index is 13.3. The molecule has 1 unspecified atom stereocenters. The predicted molar refractivity (Wildman–Crippen MR) is 64.2 cm³/mol. The standard InChI is InChI=1S/C13H15FO5/c1-3-19-12(17)13(8-18-2,11(15)16)9-5-4-6-10(14)7-9/h4-7H,3,8H2,1-2H3,(H,15,16). The number of benzene rings is 1. The molecule has 0 amide bonds. The van der Waals surface area contributed by atoms with Gasteiger partial charge in [0.05, 0.1) is 13.2 Å². The second-order valence-corrected chi connectivity index (χ2v) is 3.87. The summed E-state index contributed by atoms with van der Waals surface area (Å²) in [4.78, 5) is 23.5. The van der Waals surface area contributed by atoms with Crippen molar-refractivity contribution in [1.29, 1.82) is 0 Å². The maximum absolute atomic E-state index is 13.3. The van der Waals surface area contributed by atoms with E-state index in [9.17, 15) is 19.1 Å². The first-order valence-electron chi connectivity index (χ1n) is 5.64. The Morgan fingerprint density at radius 2 is 2.11 bits per heavy atom. The van der Waals surface area contributed by atoms with E-state index >= 15 is 0 Å². The van der Waals surface area contributed by atoms with Crippen molar-refractivity contribution in [2.24, 2.45) is 0 Å². The van der Waals surface area contributed by atoms with Gasteiger partial charge >= 0.3 is 11.9 Å². The average molecular weight is 270 g/mol. The van der Waals surface area contributed by atoms with Gasteiger partial charge in [-0.05, 0) is 24.6 Å². The van der Waals surface area contributed by atoms with Crippen LogP contribution in [-0.2, 0) is 24.5 Å².